The Bertz CT molecular complexity index is 387. The van der Waals surface area contributed by atoms with Crippen LogP contribution in [-0.4, -0.2) is 25.3 Å². The Morgan fingerprint density at radius 3 is 2.72 bits per heavy atom. The van der Waals surface area contributed by atoms with Gasteiger partial charge >= 0.3 is 11.9 Å². The number of rotatable bonds is 2. The third kappa shape index (κ3) is 2.21. The van der Waals surface area contributed by atoms with Crippen LogP contribution >= 0.6 is 0 Å². The van der Waals surface area contributed by atoms with Gasteiger partial charge in [0.25, 0.3) is 0 Å². The van der Waals surface area contributed by atoms with E-state index in [2.05, 4.69) is 6.92 Å². The van der Waals surface area contributed by atoms with Gasteiger partial charge in [0.2, 0.25) is 6.29 Å². The molecule has 0 radical (unpaired) electrons. The van der Waals surface area contributed by atoms with Crippen molar-refractivity contribution in [2.75, 3.05) is 7.11 Å². The number of methoxy groups -OCH3 is 1. The Balaban J connectivity index is 2.23. The van der Waals surface area contributed by atoms with E-state index in [1.165, 1.54) is 20.3 Å². The van der Waals surface area contributed by atoms with E-state index < -0.39 is 6.29 Å². The first-order chi connectivity index (χ1) is 8.54. The highest BCUT2D eigenvalue weighted by Crippen LogP contribution is 2.46. The van der Waals surface area contributed by atoms with Gasteiger partial charge in [-0.05, 0) is 18.8 Å². The minimum atomic E-state index is -0.585. The van der Waals surface area contributed by atoms with Crippen molar-refractivity contribution in [2.45, 2.75) is 33.0 Å². The zero-order valence-corrected chi connectivity index (χ0v) is 10.8. The minimum absolute atomic E-state index is 0.0352. The third-order valence-electron chi connectivity index (χ3n) is 3.80. The fraction of sp³-hybridized carbons (Fsp3) is 0.692. The summed E-state index contributed by atoms with van der Waals surface area (Å²) >= 11 is 0. The van der Waals surface area contributed by atoms with Gasteiger partial charge in [-0.25, -0.2) is 4.79 Å². The molecule has 5 nitrogen and oxygen atoms in total. The van der Waals surface area contributed by atoms with E-state index in [-0.39, 0.29) is 23.8 Å². The van der Waals surface area contributed by atoms with Gasteiger partial charge in [-0.15, -0.1) is 0 Å². The first-order valence-corrected chi connectivity index (χ1v) is 6.15. The van der Waals surface area contributed by atoms with Crippen molar-refractivity contribution in [2.24, 2.45) is 17.8 Å². The van der Waals surface area contributed by atoms with Crippen LogP contribution in [0, 0.1) is 17.8 Å². The summed E-state index contributed by atoms with van der Waals surface area (Å²) in [5.74, 6) is -0.278. The summed E-state index contributed by atoms with van der Waals surface area (Å²) in [6.07, 6.45) is 2.69. The van der Waals surface area contributed by atoms with Crippen molar-refractivity contribution < 1.29 is 23.8 Å². The van der Waals surface area contributed by atoms with E-state index in [4.69, 9.17) is 14.2 Å². The zero-order chi connectivity index (χ0) is 13.3. The molecule has 0 bridgehead atoms. The molecule has 18 heavy (non-hydrogen) atoms. The molecule has 1 saturated carbocycles. The van der Waals surface area contributed by atoms with Crippen LogP contribution in [0.5, 0.6) is 0 Å². The lowest BCUT2D eigenvalue weighted by Gasteiger charge is -2.34. The van der Waals surface area contributed by atoms with E-state index in [0.717, 1.165) is 12.8 Å². The van der Waals surface area contributed by atoms with Crippen molar-refractivity contribution >= 4 is 11.9 Å². The van der Waals surface area contributed by atoms with Gasteiger partial charge in [0.15, 0.2) is 0 Å². The molecule has 1 heterocycles. The highest BCUT2D eigenvalue weighted by atomic mass is 16.7. The van der Waals surface area contributed by atoms with Crippen molar-refractivity contribution in [1.29, 1.82) is 0 Å². The largest absolute Gasteiger partial charge is 0.466 e. The maximum atomic E-state index is 11.7. The van der Waals surface area contributed by atoms with Crippen molar-refractivity contribution in [3.05, 3.63) is 11.8 Å². The molecule has 1 aliphatic heterocycles. The Morgan fingerprint density at radius 2 is 2.11 bits per heavy atom. The standard InChI is InChI=1S/C13H18O5/c1-7-4-5-9-10(12(15)16-3)6-17-13(11(7)9)18-8(2)14/h6-7,9,11,13H,4-5H2,1-3H3/t7-,9+,11+,13-/m0/s1. The molecule has 0 aromatic heterocycles. The molecule has 0 aromatic rings. The SMILES string of the molecule is COC(=O)C1=CO[C@@H](OC(C)=O)[C@H]2[C@@H]1CC[C@@H]2C. The number of carbonyl (C=O) groups excluding carboxylic acids is 2. The fourth-order valence-electron chi connectivity index (χ4n) is 2.95. The van der Waals surface area contributed by atoms with E-state index in [1.807, 2.05) is 0 Å². The zero-order valence-electron chi connectivity index (χ0n) is 10.8. The Labute approximate surface area is 106 Å². The van der Waals surface area contributed by atoms with Gasteiger partial charge in [0.05, 0.1) is 18.9 Å². The molecule has 4 atom stereocenters. The molecule has 1 fully saturated rings. The number of ether oxygens (including phenoxy) is 3. The maximum Gasteiger partial charge on any atom is 0.337 e. The minimum Gasteiger partial charge on any atom is -0.466 e. The lowest BCUT2D eigenvalue weighted by Crippen LogP contribution is -2.38. The quantitative estimate of drug-likeness (QED) is 0.701. The summed E-state index contributed by atoms with van der Waals surface area (Å²) < 4.78 is 15.3. The van der Waals surface area contributed by atoms with Gasteiger partial charge in [-0.2, -0.15) is 0 Å². The van der Waals surface area contributed by atoms with Crippen LogP contribution in [0.3, 0.4) is 0 Å². The molecule has 2 rings (SSSR count). The second-order valence-corrected chi connectivity index (χ2v) is 4.92. The molecule has 100 valence electrons. The van der Waals surface area contributed by atoms with Gasteiger partial charge in [0.1, 0.15) is 0 Å². The number of hydrogen-bond acceptors (Lipinski definition) is 5. The lowest BCUT2D eigenvalue weighted by molar-refractivity contribution is -0.185. The Hall–Kier alpha value is -1.52. The second-order valence-electron chi connectivity index (χ2n) is 4.92. The smallest absolute Gasteiger partial charge is 0.337 e. The number of fused-ring (bicyclic) bond motifs is 1. The molecule has 0 aromatic carbocycles. The van der Waals surface area contributed by atoms with Crippen LogP contribution in [0.25, 0.3) is 0 Å². The molecule has 0 unspecified atom stereocenters. The Morgan fingerprint density at radius 1 is 1.39 bits per heavy atom. The van der Waals surface area contributed by atoms with Crippen molar-refractivity contribution in [3.63, 3.8) is 0 Å². The van der Waals surface area contributed by atoms with Crippen LogP contribution in [0.1, 0.15) is 26.7 Å². The summed E-state index contributed by atoms with van der Waals surface area (Å²) in [5.41, 5.74) is 0.551. The van der Waals surface area contributed by atoms with Crippen LogP contribution in [-0.2, 0) is 23.8 Å². The fourth-order valence-corrected chi connectivity index (χ4v) is 2.95. The van der Waals surface area contributed by atoms with Crippen molar-refractivity contribution in [1.82, 2.24) is 0 Å². The Kier molecular flexibility index (Phi) is 3.59. The summed E-state index contributed by atoms with van der Waals surface area (Å²) in [5, 5.41) is 0. The number of hydrogen-bond donors (Lipinski definition) is 0. The molecule has 0 spiro atoms. The third-order valence-corrected chi connectivity index (χ3v) is 3.80. The number of carbonyl (C=O) groups is 2. The molecule has 0 N–H and O–H groups in total. The molecular formula is C13H18O5. The topological polar surface area (TPSA) is 61.8 Å². The van der Waals surface area contributed by atoms with Crippen LogP contribution < -0.4 is 0 Å². The molecule has 2 aliphatic rings. The van der Waals surface area contributed by atoms with E-state index >= 15 is 0 Å². The second kappa shape index (κ2) is 5.00. The molecule has 0 amide bonds. The van der Waals surface area contributed by atoms with E-state index in [0.29, 0.717) is 11.5 Å². The highest BCUT2D eigenvalue weighted by Gasteiger charge is 2.47. The summed E-state index contributed by atoms with van der Waals surface area (Å²) in [6, 6.07) is 0. The van der Waals surface area contributed by atoms with Gasteiger partial charge in [-0.1, -0.05) is 6.92 Å². The summed E-state index contributed by atoms with van der Waals surface area (Å²) in [6.45, 7) is 3.45. The summed E-state index contributed by atoms with van der Waals surface area (Å²) in [7, 11) is 1.36. The molecule has 5 heteroatoms. The van der Waals surface area contributed by atoms with Gasteiger partial charge < -0.3 is 14.2 Å². The van der Waals surface area contributed by atoms with Crippen LogP contribution in [0.2, 0.25) is 0 Å². The van der Waals surface area contributed by atoms with Gasteiger partial charge in [0, 0.05) is 18.8 Å². The number of esters is 2. The molecule has 1 aliphatic carbocycles. The first kappa shape index (κ1) is 12.9. The highest BCUT2D eigenvalue weighted by molar-refractivity contribution is 5.89. The van der Waals surface area contributed by atoms with E-state index in [9.17, 15) is 9.59 Å². The monoisotopic (exact) mass is 254 g/mol. The van der Waals surface area contributed by atoms with E-state index in [1.54, 1.807) is 0 Å². The average molecular weight is 254 g/mol. The lowest BCUT2D eigenvalue weighted by atomic mass is 9.83. The van der Waals surface area contributed by atoms with Crippen LogP contribution in [0.15, 0.2) is 11.8 Å². The predicted octanol–water partition coefficient (Wildman–Crippen LogP) is 1.62. The molecular weight excluding hydrogens is 236 g/mol. The predicted molar refractivity (Wildman–Crippen MR) is 62.1 cm³/mol. The normalized spacial score (nSPS) is 34.1. The first-order valence-electron chi connectivity index (χ1n) is 6.15. The van der Waals surface area contributed by atoms with Gasteiger partial charge in [-0.3, -0.25) is 4.79 Å². The molecule has 0 saturated heterocycles. The van der Waals surface area contributed by atoms with Crippen LogP contribution in [0.4, 0.5) is 0 Å². The maximum absolute atomic E-state index is 11.7. The van der Waals surface area contributed by atoms with Crippen molar-refractivity contribution in [3.8, 4) is 0 Å². The average Bonchev–Trinajstić information content (AvgIpc) is 2.71. The summed E-state index contributed by atoms with van der Waals surface area (Å²) in [4.78, 5) is 22.7.